The van der Waals surface area contributed by atoms with Crippen molar-refractivity contribution in [1.29, 1.82) is 0 Å². The van der Waals surface area contributed by atoms with E-state index in [-0.39, 0.29) is 11.6 Å². The van der Waals surface area contributed by atoms with E-state index in [9.17, 15) is 14.4 Å². The number of hydrogen-bond donors (Lipinski definition) is 2. The van der Waals surface area contributed by atoms with E-state index in [1.165, 1.54) is 24.9 Å². The third kappa shape index (κ3) is 3.39. The van der Waals surface area contributed by atoms with Gasteiger partial charge in [0.05, 0.1) is 17.4 Å². The number of nitrogens with two attached hydrogens (primary N) is 1. The van der Waals surface area contributed by atoms with Crippen molar-refractivity contribution in [3.63, 3.8) is 0 Å². The van der Waals surface area contributed by atoms with Crippen LogP contribution in [-0.2, 0) is 9.59 Å². The quantitative estimate of drug-likeness (QED) is 0.815. The lowest BCUT2D eigenvalue weighted by Gasteiger charge is -2.43. The predicted molar refractivity (Wildman–Crippen MR) is 88.1 cm³/mol. The molecule has 1 aromatic rings. The van der Waals surface area contributed by atoms with Gasteiger partial charge in [-0.25, -0.2) is 0 Å². The van der Waals surface area contributed by atoms with Crippen molar-refractivity contribution in [2.24, 2.45) is 11.7 Å². The summed E-state index contributed by atoms with van der Waals surface area (Å²) in [5.41, 5.74) is 5.68. The lowest BCUT2D eigenvalue weighted by molar-refractivity contribution is -0.147. The van der Waals surface area contributed by atoms with Gasteiger partial charge >= 0.3 is 11.8 Å². The first-order valence-electron chi connectivity index (χ1n) is 8.43. The van der Waals surface area contributed by atoms with Gasteiger partial charge in [-0.15, -0.1) is 0 Å². The summed E-state index contributed by atoms with van der Waals surface area (Å²) in [5.74, 6) is -1.30. The van der Waals surface area contributed by atoms with E-state index >= 15 is 0 Å². The zero-order valence-electron chi connectivity index (χ0n) is 13.5. The Morgan fingerprint density at radius 3 is 2.58 bits per heavy atom. The Kier molecular flexibility index (Phi) is 4.78. The number of likely N-dealkylation sites (tertiary alicyclic amines) is 1. The van der Waals surface area contributed by atoms with Gasteiger partial charge in [0.15, 0.2) is 0 Å². The molecule has 1 aliphatic heterocycles. The second-order valence-corrected chi connectivity index (χ2v) is 6.53. The standard InChI is InChI=1S/C17H22N4O3/c18-15(22)12-8-13(10-19-9-12)20-16(23)17(24)21-7-2-1-6-14(21)11-4-3-5-11/h8-11,14H,1-7H2,(H2,18,22)(H,20,23)/t14-/m0/s1. The minimum absolute atomic E-state index is 0.181. The molecule has 0 unspecified atom stereocenters. The van der Waals surface area contributed by atoms with Gasteiger partial charge in [-0.3, -0.25) is 19.4 Å². The van der Waals surface area contributed by atoms with E-state index in [0.717, 1.165) is 32.1 Å². The van der Waals surface area contributed by atoms with Gasteiger partial charge in [0.25, 0.3) is 0 Å². The van der Waals surface area contributed by atoms with Crippen molar-refractivity contribution in [2.45, 2.75) is 44.6 Å². The van der Waals surface area contributed by atoms with Crippen LogP contribution in [0.25, 0.3) is 0 Å². The Morgan fingerprint density at radius 2 is 1.92 bits per heavy atom. The Hall–Kier alpha value is -2.44. The normalized spacial score (nSPS) is 21.0. The van der Waals surface area contributed by atoms with Crippen LogP contribution in [-0.4, -0.2) is 40.2 Å². The fourth-order valence-corrected chi connectivity index (χ4v) is 3.48. The number of pyridine rings is 1. The molecule has 7 heteroatoms. The highest BCUT2D eigenvalue weighted by Crippen LogP contribution is 2.36. The lowest BCUT2D eigenvalue weighted by atomic mass is 9.76. The van der Waals surface area contributed by atoms with Gasteiger partial charge in [-0.2, -0.15) is 0 Å². The molecule has 1 saturated carbocycles. The molecule has 128 valence electrons. The molecular weight excluding hydrogens is 308 g/mol. The highest BCUT2D eigenvalue weighted by atomic mass is 16.2. The smallest absolute Gasteiger partial charge is 0.313 e. The number of anilines is 1. The second-order valence-electron chi connectivity index (χ2n) is 6.53. The van der Waals surface area contributed by atoms with E-state index in [2.05, 4.69) is 10.3 Å². The zero-order chi connectivity index (χ0) is 17.1. The molecule has 2 aliphatic rings. The number of hydrogen-bond acceptors (Lipinski definition) is 4. The average molecular weight is 330 g/mol. The Labute approximate surface area is 140 Å². The Bertz CT molecular complexity index is 657. The van der Waals surface area contributed by atoms with Gasteiger partial charge < -0.3 is 16.0 Å². The van der Waals surface area contributed by atoms with Crippen LogP contribution in [0.5, 0.6) is 0 Å². The van der Waals surface area contributed by atoms with Crippen LogP contribution < -0.4 is 11.1 Å². The monoisotopic (exact) mass is 330 g/mol. The van der Waals surface area contributed by atoms with Crippen molar-refractivity contribution in [3.8, 4) is 0 Å². The van der Waals surface area contributed by atoms with Crippen LogP contribution >= 0.6 is 0 Å². The van der Waals surface area contributed by atoms with E-state index in [0.29, 0.717) is 18.2 Å². The number of amides is 3. The molecule has 7 nitrogen and oxygen atoms in total. The van der Waals surface area contributed by atoms with Gasteiger partial charge in [-0.05, 0) is 44.1 Å². The number of carbonyl (C=O) groups excluding carboxylic acids is 3. The number of aromatic nitrogens is 1. The number of rotatable bonds is 3. The van der Waals surface area contributed by atoms with Crippen molar-refractivity contribution in [3.05, 3.63) is 24.0 Å². The third-order valence-electron chi connectivity index (χ3n) is 4.98. The first kappa shape index (κ1) is 16.4. The topological polar surface area (TPSA) is 105 Å². The highest BCUT2D eigenvalue weighted by molar-refractivity contribution is 6.39. The summed E-state index contributed by atoms with van der Waals surface area (Å²) in [6.45, 7) is 0.632. The fraction of sp³-hybridized carbons (Fsp3) is 0.529. The van der Waals surface area contributed by atoms with Crippen LogP contribution in [0.1, 0.15) is 48.9 Å². The van der Waals surface area contributed by atoms with Crippen LogP contribution in [0.3, 0.4) is 0 Å². The maximum Gasteiger partial charge on any atom is 0.313 e. The summed E-state index contributed by atoms with van der Waals surface area (Å²) in [6.07, 6.45) is 9.21. The summed E-state index contributed by atoms with van der Waals surface area (Å²) >= 11 is 0. The Morgan fingerprint density at radius 1 is 1.12 bits per heavy atom. The number of nitrogens with zero attached hydrogens (tertiary/aromatic N) is 2. The van der Waals surface area contributed by atoms with Gasteiger partial charge in [0.2, 0.25) is 5.91 Å². The van der Waals surface area contributed by atoms with E-state index in [1.54, 1.807) is 4.90 Å². The maximum atomic E-state index is 12.6. The molecular formula is C17H22N4O3. The van der Waals surface area contributed by atoms with Crippen molar-refractivity contribution in [1.82, 2.24) is 9.88 Å². The van der Waals surface area contributed by atoms with E-state index in [1.807, 2.05) is 0 Å². The predicted octanol–water partition coefficient (Wildman–Crippen LogP) is 1.30. The molecule has 1 atom stereocenters. The van der Waals surface area contributed by atoms with Crippen LogP contribution in [0.4, 0.5) is 5.69 Å². The fourth-order valence-electron chi connectivity index (χ4n) is 3.48. The van der Waals surface area contributed by atoms with Crippen LogP contribution in [0.15, 0.2) is 18.5 Å². The van der Waals surface area contributed by atoms with Crippen molar-refractivity contribution >= 4 is 23.4 Å². The van der Waals surface area contributed by atoms with Crippen molar-refractivity contribution in [2.75, 3.05) is 11.9 Å². The number of piperidine rings is 1. The summed E-state index contributed by atoms with van der Waals surface area (Å²) in [5, 5.41) is 2.53. The highest BCUT2D eigenvalue weighted by Gasteiger charge is 2.37. The maximum absolute atomic E-state index is 12.6. The molecule has 2 fully saturated rings. The zero-order valence-corrected chi connectivity index (χ0v) is 13.5. The Balaban J connectivity index is 1.68. The minimum Gasteiger partial charge on any atom is -0.366 e. The van der Waals surface area contributed by atoms with Crippen molar-refractivity contribution < 1.29 is 14.4 Å². The summed E-state index contributed by atoms with van der Waals surface area (Å²) in [7, 11) is 0. The van der Waals surface area contributed by atoms with E-state index in [4.69, 9.17) is 5.73 Å². The first-order valence-corrected chi connectivity index (χ1v) is 8.43. The molecule has 0 aromatic carbocycles. The lowest BCUT2D eigenvalue weighted by Crippen LogP contribution is -2.52. The molecule has 3 N–H and O–H groups in total. The molecule has 1 aliphatic carbocycles. The van der Waals surface area contributed by atoms with Gasteiger partial charge in [0.1, 0.15) is 0 Å². The summed E-state index contributed by atoms with van der Waals surface area (Å²) in [4.78, 5) is 41.7. The third-order valence-corrected chi connectivity index (χ3v) is 4.98. The molecule has 0 radical (unpaired) electrons. The number of nitrogens with one attached hydrogen (secondary N) is 1. The SMILES string of the molecule is NC(=O)c1cncc(NC(=O)C(=O)N2CCCC[C@H]2C2CCC2)c1. The molecule has 24 heavy (non-hydrogen) atoms. The number of carbonyl (C=O) groups is 3. The van der Waals surface area contributed by atoms with E-state index < -0.39 is 17.7 Å². The molecule has 2 heterocycles. The van der Waals surface area contributed by atoms with Gasteiger partial charge in [-0.1, -0.05) is 6.42 Å². The van der Waals surface area contributed by atoms with Crippen LogP contribution in [0.2, 0.25) is 0 Å². The second kappa shape index (κ2) is 6.98. The summed E-state index contributed by atoms with van der Waals surface area (Å²) < 4.78 is 0. The molecule has 0 bridgehead atoms. The van der Waals surface area contributed by atoms with Crippen LogP contribution in [0, 0.1) is 5.92 Å². The molecule has 1 aromatic heterocycles. The molecule has 3 rings (SSSR count). The number of primary amides is 1. The molecule has 0 spiro atoms. The average Bonchev–Trinajstić information content (AvgIpc) is 2.53. The molecule has 1 saturated heterocycles. The molecule has 3 amide bonds. The first-order chi connectivity index (χ1) is 11.6. The minimum atomic E-state index is -0.690. The summed E-state index contributed by atoms with van der Waals surface area (Å²) in [6, 6.07) is 1.60. The largest absolute Gasteiger partial charge is 0.366 e. The van der Waals surface area contributed by atoms with Gasteiger partial charge in [0, 0.05) is 18.8 Å².